The normalized spacial score (nSPS) is 25.1. The molecule has 1 aliphatic heterocycles. The molecular formula is C14H25NO2. The van der Waals surface area contributed by atoms with Gasteiger partial charge in [-0.3, -0.25) is 4.79 Å². The fourth-order valence-corrected chi connectivity index (χ4v) is 3.09. The Kier molecular flexibility index (Phi) is 3.48. The van der Waals surface area contributed by atoms with Gasteiger partial charge in [0.25, 0.3) is 0 Å². The molecule has 1 N–H and O–H groups in total. The number of ether oxygens (including phenoxy) is 1. The molecule has 2 rings (SSSR count). The van der Waals surface area contributed by atoms with E-state index in [1.165, 1.54) is 6.42 Å². The van der Waals surface area contributed by atoms with Crippen LogP contribution in [0.4, 0.5) is 0 Å². The molecule has 0 unspecified atom stereocenters. The van der Waals surface area contributed by atoms with E-state index in [0.29, 0.717) is 5.92 Å². The van der Waals surface area contributed by atoms with Crippen molar-refractivity contribution in [1.29, 1.82) is 0 Å². The van der Waals surface area contributed by atoms with Gasteiger partial charge in [-0.2, -0.15) is 0 Å². The number of hydrogen-bond donors (Lipinski definition) is 1. The van der Waals surface area contributed by atoms with Crippen LogP contribution in [0.3, 0.4) is 0 Å². The first-order valence-electron chi connectivity index (χ1n) is 6.88. The monoisotopic (exact) mass is 239 g/mol. The largest absolute Gasteiger partial charge is 0.460 e. The average Bonchev–Trinajstić information content (AvgIpc) is 2.14. The van der Waals surface area contributed by atoms with Gasteiger partial charge in [0.2, 0.25) is 0 Å². The molecule has 3 heteroatoms. The molecule has 2 aliphatic rings. The van der Waals surface area contributed by atoms with E-state index < -0.39 is 0 Å². The zero-order valence-corrected chi connectivity index (χ0v) is 11.3. The first kappa shape index (κ1) is 12.9. The Balaban J connectivity index is 2.05. The van der Waals surface area contributed by atoms with Gasteiger partial charge >= 0.3 is 5.97 Å². The smallest absolute Gasteiger partial charge is 0.312 e. The van der Waals surface area contributed by atoms with Crippen LogP contribution in [-0.2, 0) is 9.53 Å². The van der Waals surface area contributed by atoms with Gasteiger partial charge in [0.1, 0.15) is 5.60 Å². The van der Waals surface area contributed by atoms with Gasteiger partial charge in [0.05, 0.1) is 5.41 Å². The molecule has 0 aromatic rings. The molecule has 0 amide bonds. The second-order valence-corrected chi connectivity index (χ2v) is 6.54. The first-order valence-corrected chi connectivity index (χ1v) is 6.88. The predicted molar refractivity (Wildman–Crippen MR) is 67.7 cm³/mol. The third-order valence-corrected chi connectivity index (χ3v) is 4.17. The lowest BCUT2D eigenvalue weighted by atomic mass is 9.58. The van der Waals surface area contributed by atoms with E-state index in [1.807, 2.05) is 20.8 Å². The first-order chi connectivity index (χ1) is 7.94. The lowest BCUT2D eigenvalue weighted by molar-refractivity contribution is -0.180. The highest BCUT2D eigenvalue weighted by atomic mass is 16.6. The van der Waals surface area contributed by atoms with E-state index >= 15 is 0 Å². The molecule has 1 aliphatic carbocycles. The van der Waals surface area contributed by atoms with Crippen molar-refractivity contribution in [2.24, 2.45) is 11.3 Å². The number of esters is 1. The molecule has 17 heavy (non-hydrogen) atoms. The van der Waals surface area contributed by atoms with Crippen LogP contribution in [0.25, 0.3) is 0 Å². The van der Waals surface area contributed by atoms with Gasteiger partial charge in [-0.05, 0) is 65.5 Å². The highest BCUT2D eigenvalue weighted by Gasteiger charge is 2.52. The molecule has 0 bridgehead atoms. The van der Waals surface area contributed by atoms with E-state index in [2.05, 4.69) is 5.32 Å². The maximum atomic E-state index is 12.4. The van der Waals surface area contributed by atoms with Crippen molar-refractivity contribution < 1.29 is 9.53 Å². The standard InChI is InChI=1S/C14H25NO2/c1-13(2,3)17-12(16)14(7-4-8-14)11-5-9-15-10-6-11/h11,15H,4-10H2,1-3H3. The van der Waals surface area contributed by atoms with Crippen molar-refractivity contribution in [3.63, 3.8) is 0 Å². The zero-order chi connectivity index (χ0) is 12.5. The van der Waals surface area contributed by atoms with Crippen LogP contribution >= 0.6 is 0 Å². The number of hydrogen-bond acceptors (Lipinski definition) is 3. The summed E-state index contributed by atoms with van der Waals surface area (Å²) in [6, 6.07) is 0. The van der Waals surface area contributed by atoms with Gasteiger partial charge in [-0.1, -0.05) is 6.42 Å². The number of piperidine rings is 1. The fourth-order valence-electron chi connectivity index (χ4n) is 3.09. The average molecular weight is 239 g/mol. The number of rotatable bonds is 2. The van der Waals surface area contributed by atoms with Crippen molar-refractivity contribution in [3.05, 3.63) is 0 Å². The Hall–Kier alpha value is -0.570. The second-order valence-electron chi connectivity index (χ2n) is 6.54. The van der Waals surface area contributed by atoms with Crippen molar-refractivity contribution in [1.82, 2.24) is 5.32 Å². The quantitative estimate of drug-likeness (QED) is 0.752. The third kappa shape index (κ3) is 2.65. The minimum absolute atomic E-state index is 0.0585. The van der Waals surface area contributed by atoms with E-state index in [-0.39, 0.29) is 17.0 Å². The predicted octanol–water partition coefficient (Wildman–Crippen LogP) is 2.50. The Morgan fingerprint density at radius 3 is 2.24 bits per heavy atom. The molecule has 1 saturated heterocycles. The molecule has 2 fully saturated rings. The number of carbonyl (C=O) groups is 1. The van der Waals surface area contributed by atoms with Crippen LogP contribution in [0, 0.1) is 11.3 Å². The van der Waals surface area contributed by atoms with Crippen molar-refractivity contribution in [2.45, 2.75) is 58.5 Å². The van der Waals surface area contributed by atoms with E-state index in [1.54, 1.807) is 0 Å². The number of carbonyl (C=O) groups excluding carboxylic acids is 1. The van der Waals surface area contributed by atoms with E-state index in [0.717, 1.165) is 38.8 Å². The van der Waals surface area contributed by atoms with Crippen LogP contribution in [0.1, 0.15) is 52.9 Å². The Bertz CT molecular complexity index is 283. The molecule has 0 spiro atoms. The van der Waals surface area contributed by atoms with E-state index in [9.17, 15) is 4.79 Å². The summed E-state index contributed by atoms with van der Waals surface area (Å²) in [4.78, 5) is 12.4. The summed E-state index contributed by atoms with van der Waals surface area (Å²) >= 11 is 0. The summed E-state index contributed by atoms with van der Waals surface area (Å²) < 4.78 is 5.64. The van der Waals surface area contributed by atoms with Crippen LogP contribution in [0.5, 0.6) is 0 Å². The van der Waals surface area contributed by atoms with Crippen molar-refractivity contribution in [2.75, 3.05) is 13.1 Å². The molecule has 1 heterocycles. The highest BCUT2D eigenvalue weighted by Crippen LogP contribution is 2.51. The van der Waals surface area contributed by atoms with Gasteiger partial charge in [-0.25, -0.2) is 0 Å². The molecule has 0 atom stereocenters. The lowest BCUT2D eigenvalue weighted by Gasteiger charge is -2.47. The minimum Gasteiger partial charge on any atom is -0.460 e. The Labute approximate surface area is 104 Å². The lowest BCUT2D eigenvalue weighted by Crippen LogP contribution is -2.50. The minimum atomic E-state index is -0.355. The van der Waals surface area contributed by atoms with Gasteiger partial charge in [0, 0.05) is 0 Å². The zero-order valence-electron chi connectivity index (χ0n) is 11.3. The van der Waals surface area contributed by atoms with E-state index in [4.69, 9.17) is 4.74 Å². The fraction of sp³-hybridized carbons (Fsp3) is 0.929. The van der Waals surface area contributed by atoms with Gasteiger partial charge in [0.15, 0.2) is 0 Å². The maximum absolute atomic E-state index is 12.4. The van der Waals surface area contributed by atoms with Crippen LogP contribution in [0.2, 0.25) is 0 Å². The Morgan fingerprint density at radius 1 is 1.24 bits per heavy atom. The molecule has 3 nitrogen and oxygen atoms in total. The molecular weight excluding hydrogens is 214 g/mol. The SMILES string of the molecule is CC(C)(C)OC(=O)C1(C2CCNCC2)CCC1. The van der Waals surface area contributed by atoms with Crippen LogP contribution < -0.4 is 5.32 Å². The summed E-state index contributed by atoms with van der Waals surface area (Å²) in [6.07, 6.45) is 5.50. The summed E-state index contributed by atoms with van der Waals surface area (Å²) in [7, 11) is 0. The maximum Gasteiger partial charge on any atom is 0.312 e. The molecule has 0 radical (unpaired) electrons. The Morgan fingerprint density at radius 2 is 1.82 bits per heavy atom. The third-order valence-electron chi connectivity index (χ3n) is 4.17. The molecule has 98 valence electrons. The molecule has 1 saturated carbocycles. The van der Waals surface area contributed by atoms with Crippen molar-refractivity contribution >= 4 is 5.97 Å². The van der Waals surface area contributed by atoms with Crippen LogP contribution in [-0.4, -0.2) is 24.7 Å². The summed E-state index contributed by atoms with van der Waals surface area (Å²) in [5, 5.41) is 3.37. The van der Waals surface area contributed by atoms with Crippen LogP contribution in [0.15, 0.2) is 0 Å². The van der Waals surface area contributed by atoms with Crippen molar-refractivity contribution in [3.8, 4) is 0 Å². The summed E-state index contributed by atoms with van der Waals surface area (Å²) in [5.74, 6) is 0.593. The summed E-state index contributed by atoms with van der Waals surface area (Å²) in [5.41, 5.74) is -0.498. The molecule has 0 aromatic carbocycles. The second kappa shape index (κ2) is 4.60. The van der Waals surface area contributed by atoms with Gasteiger partial charge in [-0.15, -0.1) is 0 Å². The highest BCUT2D eigenvalue weighted by molar-refractivity contribution is 5.78. The number of nitrogens with one attached hydrogen (secondary N) is 1. The topological polar surface area (TPSA) is 38.3 Å². The van der Waals surface area contributed by atoms with Gasteiger partial charge < -0.3 is 10.1 Å². The molecule has 0 aromatic heterocycles. The summed E-state index contributed by atoms with van der Waals surface area (Å²) in [6.45, 7) is 7.98.